The van der Waals surface area contributed by atoms with Crippen LogP contribution in [0.25, 0.3) is 22.2 Å². The molecule has 4 aromatic rings. The highest BCUT2D eigenvalue weighted by Gasteiger charge is 2.21. The topological polar surface area (TPSA) is 109 Å². The first-order valence-corrected chi connectivity index (χ1v) is 8.88. The van der Waals surface area contributed by atoms with E-state index in [0.717, 1.165) is 10.9 Å². The van der Waals surface area contributed by atoms with Gasteiger partial charge in [0.25, 0.3) is 5.91 Å². The Morgan fingerprint density at radius 2 is 1.76 bits per heavy atom. The molecule has 2 aromatic heterocycles. The van der Waals surface area contributed by atoms with Crippen LogP contribution in [0, 0.1) is 0 Å². The van der Waals surface area contributed by atoms with Crippen molar-refractivity contribution in [3.05, 3.63) is 77.7 Å². The summed E-state index contributed by atoms with van der Waals surface area (Å²) in [5.41, 5.74) is 7.63. The number of rotatable bonds is 5. The summed E-state index contributed by atoms with van der Waals surface area (Å²) in [6.07, 6.45) is 0. The quantitative estimate of drug-likeness (QED) is 0.454. The lowest BCUT2D eigenvalue weighted by atomic mass is 10.1. The lowest BCUT2D eigenvalue weighted by Crippen LogP contribution is -2.42. The number of nitrogens with zero attached hydrogens (tertiary/aromatic N) is 1. The summed E-state index contributed by atoms with van der Waals surface area (Å²) in [5.74, 6) is -1.02. The SMILES string of the molecule is COCc1c(C(=O)NNC(=O)c2cc(-c3ccccc3)n[nH]2)oc2ccccc12. The van der Waals surface area contributed by atoms with Gasteiger partial charge in [0.05, 0.1) is 12.3 Å². The number of H-pyrrole nitrogens is 1. The largest absolute Gasteiger partial charge is 0.450 e. The second kappa shape index (κ2) is 7.99. The number of fused-ring (bicyclic) bond motifs is 1. The van der Waals surface area contributed by atoms with Crippen molar-refractivity contribution in [3.8, 4) is 11.3 Å². The van der Waals surface area contributed by atoms with Crippen molar-refractivity contribution in [2.45, 2.75) is 6.61 Å². The van der Waals surface area contributed by atoms with Crippen LogP contribution in [0.5, 0.6) is 0 Å². The van der Waals surface area contributed by atoms with Gasteiger partial charge < -0.3 is 9.15 Å². The number of methoxy groups -OCH3 is 1. The van der Waals surface area contributed by atoms with Gasteiger partial charge in [0.1, 0.15) is 11.3 Å². The third-order valence-corrected chi connectivity index (χ3v) is 4.37. The Balaban J connectivity index is 1.47. The lowest BCUT2D eigenvalue weighted by Gasteiger charge is -2.06. The number of aromatic nitrogens is 2. The third-order valence-electron chi connectivity index (χ3n) is 4.37. The zero-order chi connectivity index (χ0) is 20.2. The molecule has 0 atom stereocenters. The van der Waals surface area contributed by atoms with Crippen molar-refractivity contribution >= 4 is 22.8 Å². The molecule has 29 heavy (non-hydrogen) atoms. The molecule has 0 aliphatic heterocycles. The molecule has 0 saturated heterocycles. The van der Waals surface area contributed by atoms with Crippen LogP contribution in [0.1, 0.15) is 26.6 Å². The van der Waals surface area contributed by atoms with E-state index in [9.17, 15) is 9.59 Å². The van der Waals surface area contributed by atoms with Crippen molar-refractivity contribution in [2.24, 2.45) is 0 Å². The van der Waals surface area contributed by atoms with Gasteiger partial charge in [-0.05, 0) is 12.1 Å². The van der Waals surface area contributed by atoms with E-state index < -0.39 is 11.8 Å². The Labute approximate surface area is 165 Å². The molecule has 2 aromatic carbocycles. The molecule has 4 rings (SSSR count). The number of carbonyl (C=O) groups excluding carboxylic acids is 2. The summed E-state index contributed by atoms with van der Waals surface area (Å²) in [7, 11) is 1.54. The molecule has 0 unspecified atom stereocenters. The predicted molar refractivity (Wildman–Crippen MR) is 106 cm³/mol. The van der Waals surface area contributed by atoms with E-state index in [1.165, 1.54) is 7.11 Å². The van der Waals surface area contributed by atoms with Crippen LogP contribution < -0.4 is 10.9 Å². The van der Waals surface area contributed by atoms with E-state index >= 15 is 0 Å². The molecule has 0 bridgehead atoms. The van der Waals surface area contributed by atoms with Crippen LogP contribution in [-0.2, 0) is 11.3 Å². The predicted octanol–water partition coefficient (Wildman–Crippen LogP) is 3.04. The molecule has 3 N–H and O–H groups in total. The van der Waals surface area contributed by atoms with Crippen LogP contribution in [0.3, 0.4) is 0 Å². The molecule has 0 spiro atoms. The van der Waals surface area contributed by atoms with Crippen LogP contribution in [0.4, 0.5) is 0 Å². The Kier molecular flexibility index (Phi) is 5.08. The number of amides is 2. The van der Waals surface area contributed by atoms with Gasteiger partial charge in [-0.3, -0.25) is 25.5 Å². The van der Waals surface area contributed by atoms with Gasteiger partial charge in [0.15, 0.2) is 5.76 Å². The highest BCUT2D eigenvalue weighted by Crippen LogP contribution is 2.26. The minimum Gasteiger partial charge on any atom is -0.450 e. The zero-order valence-corrected chi connectivity index (χ0v) is 15.6. The number of para-hydroxylation sites is 1. The number of carbonyl (C=O) groups is 2. The van der Waals surface area contributed by atoms with Gasteiger partial charge in [-0.2, -0.15) is 5.10 Å². The smallest absolute Gasteiger partial charge is 0.305 e. The fraction of sp³-hybridized carbons (Fsp3) is 0.0952. The van der Waals surface area contributed by atoms with E-state index in [1.807, 2.05) is 48.5 Å². The van der Waals surface area contributed by atoms with Gasteiger partial charge in [0, 0.05) is 23.6 Å². The molecule has 2 heterocycles. The molecular formula is C21H18N4O4. The molecule has 0 aliphatic carbocycles. The standard InChI is InChI=1S/C21H18N4O4/c1-28-12-15-14-9-5-6-10-18(14)29-19(15)21(27)25-24-20(26)17-11-16(22-23-17)13-7-3-2-4-8-13/h2-11H,12H2,1H3,(H,22,23)(H,24,26)(H,25,27). The van der Waals surface area contributed by atoms with Crippen molar-refractivity contribution in [2.75, 3.05) is 7.11 Å². The Hall–Kier alpha value is -3.91. The summed E-state index contributed by atoms with van der Waals surface area (Å²) in [6, 6.07) is 18.3. The van der Waals surface area contributed by atoms with Crippen molar-refractivity contribution in [3.63, 3.8) is 0 Å². The molecule has 8 heteroatoms. The number of ether oxygens (including phenoxy) is 1. The van der Waals surface area contributed by atoms with E-state index in [0.29, 0.717) is 16.8 Å². The van der Waals surface area contributed by atoms with E-state index in [4.69, 9.17) is 9.15 Å². The summed E-state index contributed by atoms with van der Waals surface area (Å²) in [5, 5.41) is 7.57. The summed E-state index contributed by atoms with van der Waals surface area (Å²) in [4.78, 5) is 24.9. The van der Waals surface area contributed by atoms with E-state index in [-0.39, 0.29) is 18.1 Å². The first kappa shape index (κ1) is 18.5. The Morgan fingerprint density at radius 3 is 2.55 bits per heavy atom. The fourth-order valence-corrected chi connectivity index (χ4v) is 3.00. The maximum absolute atomic E-state index is 12.6. The molecule has 0 aliphatic rings. The highest BCUT2D eigenvalue weighted by atomic mass is 16.5. The van der Waals surface area contributed by atoms with Gasteiger partial charge >= 0.3 is 5.91 Å². The molecule has 0 fully saturated rings. The van der Waals surface area contributed by atoms with Crippen LogP contribution >= 0.6 is 0 Å². The first-order chi connectivity index (χ1) is 14.2. The molecular weight excluding hydrogens is 372 g/mol. The van der Waals surface area contributed by atoms with Gasteiger partial charge in [-0.1, -0.05) is 48.5 Å². The van der Waals surface area contributed by atoms with Gasteiger partial charge in [0.2, 0.25) is 0 Å². The summed E-state index contributed by atoms with van der Waals surface area (Å²) >= 11 is 0. The number of hydrogen-bond donors (Lipinski definition) is 3. The normalized spacial score (nSPS) is 10.8. The van der Waals surface area contributed by atoms with Gasteiger partial charge in [-0.25, -0.2) is 0 Å². The molecule has 2 amide bonds. The second-order valence-corrected chi connectivity index (χ2v) is 6.28. The molecule has 0 radical (unpaired) electrons. The lowest BCUT2D eigenvalue weighted by molar-refractivity contribution is 0.0826. The number of hydrazine groups is 1. The summed E-state index contributed by atoms with van der Waals surface area (Å²) in [6.45, 7) is 0.203. The number of benzene rings is 2. The fourth-order valence-electron chi connectivity index (χ4n) is 3.00. The Morgan fingerprint density at radius 1 is 1.03 bits per heavy atom. The zero-order valence-electron chi connectivity index (χ0n) is 15.6. The van der Waals surface area contributed by atoms with Gasteiger partial charge in [-0.15, -0.1) is 0 Å². The molecule has 0 saturated carbocycles. The van der Waals surface area contributed by atoms with E-state index in [1.54, 1.807) is 12.1 Å². The molecule has 146 valence electrons. The van der Waals surface area contributed by atoms with Crippen LogP contribution in [-0.4, -0.2) is 29.1 Å². The highest BCUT2D eigenvalue weighted by molar-refractivity contribution is 6.01. The van der Waals surface area contributed by atoms with Crippen molar-refractivity contribution in [1.82, 2.24) is 21.0 Å². The second-order valence-electron chi connectivity index (χ2n) is 6.28. The average Bonchev–Trinajstić information content (AvgIpc) is 3.39. The number of aromatic amines is 1. The third kappa shape index (κ3) is 3.74. The monoisotopic (exact) mass is 390 g/mol. The minimum atomic E-state index is -0.579. The number of furan rings is 1. The maximum Gasteiger partial charge on any atom is 0.305 e. The van der Waals surface area contributed by atoms with Crippen LogP contribution in [0.2, 0.25) is 0 Å². The number of hydrogen-bond acceptors (Lipinski definition) is 5. The Bertz CT molecular complexity index is 1160. The van der Waals surface area contributed by atoms with E-state index in [2.05, 4.69) is 21.0 Å². The first-order valence-electron chi connectivity index (χ1n) is 8.88. The van der Waals surface area contributed by atoms with Crippen LogP contribution in [0.15, 0.2) is 65.1 Å². The van der Waals surface area contributed by atoms with Crippen molar-refractivity contribution in [1.29, 1.82) is 0 Å². The summed E-state index contributed by atoms with van der Waals surface area (Å²) < 4.78 is 10.8. The average molecular weight is 390 g/mol. The number of nitrogens with one attached hydrogen (secondary N) is 3. The molecule has 8 nitrogen and oxygen atoms in total. The van der Waals surface area contributed by atoms with Crippen molar-refractivity contribution < 1.29 is 18.7 Å². The maximum atomic E-state index is 12.6. The minimum absolute atomic E-state index is 0.0861.